The first-order valence-corrected chi connectivity index (χ1v) is 11.7. The summed E-state index contributed by atoms with van der Waals surface area (Å²) in [6.45, 7) is 8.19. The maximum atomic E-state index is 6.25. The van der Waals surface area contributed by atoms with Gasteiger partial charge in [-0.05, 0) is 50.3 Å². The summed E-state index contributed by atoms with van der Waals surface area (Å²) in [5, 5.41) is 7.48. The Morgan fingerprint density at radius 1 is 1.15 bits per heavy atom. The molecule has 0 unspecified atom stereocenters. The summed E-state index contributed by atoms with van der Waals surface area (Å²) in [6.07, 6.45) is 6.67. The van der Waals surface area contributed by atoms with Crippen molar-refractivity contribution in [1.29, 1.82) is 0 Å². The predicted octanol–water partition coefficient (Wildman–Crippen LogP) is 3.91. The third kappa shape index (κ3) is 7.23. The Balaban J connectivity index is 0.00000306. The number of guanidine groups is 1. The molecule has 2 aliphatic rings. The lowest BCUT2D eigenvalue weighted by molar-refractivity contribution is 0.169. The molecule has 0 amide bonds. The summed E-state index contributed by atoms with van der Waals surface area (Å²) in [5.41, 5.74) is 2.10. The molecule has 2 fully saturated rings. The van der Waals surface area contributed by atoms with Crippen molar-refractivity contribution in [3.05, 3.63) is 41.8 Å². The van der Waals surface area contributed by atoms with Gasteiger partial charge in [0.2, 0.25) is 0 Å². The topological polar surface area (TPSA) is 75.4 Å². The normalized spacial score (nSPS) is 17.6. The monoisotopic (exact) mass is 569 g/mol. The Morgan fingerprint density at radius 3 is 2.61 bits per heavy atom. The van der Waals surface area contributed by atoms with E-state index >= 15 is 0 Å². The summed E-state index contributed by atoms with van der Waals surface area (Å²) in [4.78, 5) is 9.66. The predicted molar refractivity (Wildman–Crippen MR) is 139 cm³/mol. The van der Waals surface area contributed by atoms with E-state index in [9.17, 15) is 0 Å². The first-order chi connectivity index (χ1) is 15.7. The van der Waals surface area contributed by atoms with E-state index < -0.39 is 0 Å². The molecule has 1 aromatic carbocycles. The molecule has 9 heteroatoms. The van der Waals surface area contributed by atoms with Crippen LogP contribution in [0.25, 0.3) is 0 Å². The maximum Gasteiger partial charge on any atom is 0.194 e. The van der Waals surface area contributed by atoms with Gasteiger partial charge in [-0.3, -0.25) is 4.90 Å². The van der Waals surface area contributed by atoms with Gasteiger partial charge >= 0.3 is 0 Å². The molecule has 1 aromatic heterocycles. The highest BCUT2D eigenvalue weighted by molar-refractivity contribution is 14.0. The van der Waals surface area contributed by atoms with Crippen LogP contribution in [0.2, 0.25) is 0 Å². The summed E-state index contributed by atoms with van der Waals surface area (Å²) in [7, 11) is 1.69. The molecular weight excluding hydrogens is 533 g/mol. The number of nitrogens with one attached hydrogen (secondary N) is 1. The van der Waals surface area contributed by atoms with Gasteiger partial charge in [0.1, 0.15) is 6.26 Å². The third-order valence-corrected chi connectivity index (χ3v) is 6.12. The zero-order valence-corrected chi connectivity index (χ0v) is 22.0. The van der Waals surface area contributed by atoms with Crippen LogP contribution < -0.4 is 14.8 Å². The van der Waals surface area contributed by atoms with Crippen LogP contribution in [0.3, 0.4) is 0 Å². The molecule has 2 heterocycles. The molecular formula is C24H36IN5O3. The van der Waals surface area contributed by atoms with E-state index in [-0.39, 0.29) is 24.0 Å². The minimum atomic E-state index is 0. The average molecular weight is 569 g/mol. The number of hydrogen-bond acceptors (Lipinski definition) is 6. The fourth-order valence-electron chi connectivity index (χ4n) is 4.36. The van der Waals surface area contributed by atoms with Crippen LogP contribution in [0.5, 0.6) is 11.5 Å². The first-order valence-electron chi connectivity index (χ1n) is 11.7. The van der Waals surface area contributed by atoms with Crippen LogP contribution in [0.15, 0.2) is 40.0 Å². The molecule has 33 heavy (non-hydrogen) atoms. The summed E-state index contributed by atoms with van der Waals surface area (Å²) < 4.78 is 16.7. The molecule has 0 spiro atoms. The van der Waals surface area contributed by atoms with Crippen LogP contribution in [0, 0.1) is 0 Å². The van der Waals surface area contributed by atoms with Gasteiger partial charge in [-0.2, -0.15) is 0 Å². The number of methoxy groups -OCH3 is 1. The average Bonchev–Trinajstić information content (AvgIpc) is 3.52. The van der Waals surface area contributed by atoms with Crippen molar-refractivity contribution < 1.29 is 14.0 Å². The minimum Gasteiger partial charge on any atom is -0.493 e. The highest BCUT2D eigenvalue weighted by Crippen LogP contribution is 2.32. The van der Waals surface area contributed by atoms with E-state index in [0.29, 0.717) is 12.6 Å². The largest absolute Gasteiger partial charge is 0.493 e. The van der Waals surface area contributed by atoms with Crippen LogP contribution in [-0.2, 0) is 13.1 Å². The van der Waals surface area contributed by atoms with Crippen molar-refractivity contribution in [2.75, 3.05) is 39.8 Å². The lowest BCUT2D eigenvalue weighted by Crippen LogP contribution is -2.52. The van der Waals surface area contributed by atoms with Crippen LogP contribution in [0.1, 0.15) is 43.9 Å². The summed E-state index contributed by atoms with van der Waals surface area (Å²) in [5.74, 6) is 2.58. The number of rotatable bonds is 8. The summed E-state index contributed by atoms with van der Waals surface area (Å²) in [6, 6.07) is 8.07. The molecule has 1 N–H and O–H groups in total. The van der Waals surface area contributed by atoms with Crippen LogP contribution in [0.4, 0.5) is 0 Å². The number of aliphatic imine (C=N–C) groups is 1. The van der Waals surface area contributed by atoms with Crippen molar-refractivity contribution >= 4 is 29.9 Å². The second-order valence-corrected chi connectivity index (χ2v) is 8.43. The highest BCUT2D eigenvalue weighted by atomic mass is 127. The lowest BCUT2D eigenvalue weighted by atomic mass is 10.2. The SMILES string of the molecule is CCNC(=NCc1ccc(OC)c(OC2CCCC2)c1)N1CCN(Cc2ccon2)CC1.I. The van der Waals surface area contributed by atoms with Gasteiger partial charge in [-0.1, -0.05) is 11.2 Å². The molecule has 8 nitrogen and oxygen atoms in total. The number of benzene rings is 1. The Morgan fingerprint density at radius 2 is 1.94 bits per heavy atom. The fraction of sp³-hybridized carbons (Fsp3) is 0.583. The van der Waals surface area contributed by atoms with Gasteiger partial charge < -0.3 is 24.2 Å². The van der Waals surface area contributed by atoms with E-state index in [4.69, 9.17) is 19.0 Å². The van der Waals surface area contributed by atoms with Crippen molar-refractivity contribution in [1.82, 2.24) is 20.3 Å². The van der Waals surface area contributed by atoms with Gasteiger partial charge in [-0.15, -0.1) is 24.0 Å². The quantitative estimate of drug-likeness (QED) is 0.294. The standard InChI is InChI=1S/C24H35N5O3.HI/c1-3-25-24(29-13-11-28(12-14-29)18-20-10-15-31-27-20)26-17-19-8-9-22(30-2)23(16-19)32-21-6-4-5-7-21;/h8-10,15-16,21H,3-7,11-14,17-18H2,1-2H3,(H,25,26);1H. The minimum absolute atomic E-state index is 0. The van der Waals surface area contributed by atoms with Gasteiger partial charge in [0.25, 0.3) is 0 Å². The van der Waals surface area contributed by atoms with Gasteiger partial charge in [0.05, 0.1) is 25.5 Å². The zero-order chi connectivity index (χ0) is 22.2. The molecule has 0 atom stereocenters. The van der Waals surface area contributed by atoms with Crippen molar-refractivity contribution in [3.8, 4) is 11.5 Å². The molecule has 1 aliphatic heterocycles. The molecule has 2 aromatic rings. The number of aromatic nitrogens is 1. The van der Waals surface area contributed by atoms with E-state index in [1.807, 2.05) is 12.1 Å². The Hall–Kier alpha value is -2.01. The van der Waals surface area contributed by atoms with Crippen molar-refractivity contribution in [2.24, 2.45) is 4.99 Å². The molecule has 1 saturated carbocycles. The zero-order valence-electron chi connectivity index (χ0n) is 19.7. The number of ether oxygens (including phenoxy) is 2. The van der Waals surface area contributed by atoms with Crippen molar-refractivity contribution in [2.45, 2.75) is 51.8 Å². The Labute approximate surface area is 213 Å². The lowest BCUT2D eigenvalue weighted by Gasteiger charge is -2.36. The van der Waals surface area contributed by atoms with E-state index in [0.717, 1.165) is 80.8 Å². The molecule has 4 rings (SSSR count). The van der Waals surface area contributed by atoms with Crippen LogP contribution in [-0.4, -0.2) is 66.9 Å². The molecule has 0 bridgehead atoms. The molecule has 1 saturated heterocycles. The Bertz CT molecular complexity index is 863. The molecule has 182 valence electrons. The van der Waals surface area contributed by atoms with E-state index in [2.05, 4.69) is 39.3 Å². The second kappa shape index (κ2) is 13.0. The number of nitrogens with zero attached hydrogens (tertiary/aromatic N) is 4. The second-order valence-electron chi connectivity index (χ2n) is 8.43. The Kier molecular flexibility index (Phi) is 10.1. The number of piperazine rings is 1. The smallest absolute Gasteiger partial charge is 0.194 e. The maximum absolute atomic E-state index is 6.25. The molecule has 1 aliphatic carbocycles. The third-order valence-electron chi connectivity index (χ3n) is 6.12. The van der Waals surface area contributed by atoms with Gasteiger partial charge in [-0.25, -0.2) is 4.99 Å². The summed E-state index contributed by atoms with van der Waals surface area (Å²) >= 11 is 0. The van der Waals surface area contributed by atoms with Crippen LogP contribution >= 0.6 is 24.0 Å². The van der Waals surface area contributed by atoms with E-state index in [1.165, 1.54) is 12.8 Å². The fourth-order valence-corrected chi connectivity index (χ4v) is 4.36. The van der Waals surface area contributed by atoms with E-state index in [1.54, 1.807) is 13.4 Å². The molecule has 0 radical (unpaired) electrons. The highest BCUT2D eigenvalue weighted by Gasteiger charge is 2.21. The number of hydrogen-bond donors (Lipinski definition) is 1. The first kappa shape index (κ1) is 25.6. The van der Waals surface area contributed by atoms with Crippen molar-refractivity contribution in [3.63, 3.8) is 0 Å². The number of halogens is 1. The van der Waals surface area contributed by atoms with Gasteiger partial charge in [0, 0.05) is 45.3 Å². The van der Waals surface area contributed by atoms with Gasteiger partial charge in [0.15, 0.2) is 17.5 Å².